The van der Waals surface area contributed by atoms with Crippen molar-refractivity contribution in [3.05, 3.63) is 17.3 Å². The van der Waals surface area contributed by atoms with E-state index in [9.17, 15) is 4.79 Å². The fraction of sp³-hybridized carbons (Fsp3) is 0.625. The lowest BCUT2D eigenvalue weighted by atomic mass is 10.2. The van der Waals surface area contributed by atoms with E-state index in [1.807, 2.05) is 38.5 Å². The molecule has 1 aromatic rings. The molecule has 128 valence electrons. The molecule has 0 aromatic carbocycles. The molecule has 2 rings (SSSR count). The highest BCUT2D eigenvalue weighted by Gasteiger charge is 2.32. The number of nitrogens with two attached hydrogens (primary N) is 1. The van der Waals surface area contributed by atoms with Crippen LogP contribution in [-0.4, -0.2) is 38.9 Å². The lowest BCUT2D eigenvalue weighted by molar-refractivity contribution is 0.0214. The maximum Gasteiger partial charge on any atom is 0.410 e. The number of anilines is 1. The molecule has 1 saturated heterocycles. The number of rotatable bonds is 3. The summed E-state index contributed by atoms with van der Waals surface area (Å²) >= 11 is 5.80. The molecular formula is C16H25ClN4O2. The largest absolute Gasteiger partial charge is 0.444 e. The van der Waals surface area contributed by atoms with Gasteiger partial charge in [0.1, 0.15) is 16.6 Å². The molecule has 1 amide bonds. The third-order valence-corrected chi connectivity index (χ3v) is 4.13. The zero-order valence-electron chi connectivity index (χ0n) is 14.1. The maximum absolute atomic E-state index is 12.3. The Kier molecular flexibility index (Phi) is 4.94. The minimum absolute atomic E-state index is 0.0382. The predicted molar refractivity (Wildman–Crippen MR) is 92.2 cm³/mol. The zero-order valence-corrected chi connectivity index (χ0v) is 14.9. The van der Waals surface area contributed by atoms with Gasteiger partial charge in [0.05, 0.1) is 11.6 Å². The molecule has 0 aliphatic carbocycles. The number of nitrogens with zero attached hydrogens (tertiary/aromatic N) is 2. The van der Waals surface area contributed by atoms with Crippen molar-refractivity contribution in [2.75, 3.05) is 12.3 Å². The average molecular weight is 341 g/mol. The quantitative estimate of drug-likeness (QED) is 0.827. The predicted octanol–water partition coefficient (Wildman–Crippen LogP) is 3.34. The van der Waals surface area contributed by atoms with E-state index in [0.717, 1.165) is 18.4 Å². The zero-order chi connectivity index (χ0) is 17.4. The molecule has 1 fully saturated rings. The van der Waals surface area contributed by atoms with Crippen molar-refractivity contribution in [1.29, 1.82) is 5.41 Å². The summed E-state index contributed by atoms with van der Waals surface area (Å²) in [7, 11) is 0. The number of hydrogen-bond donors (Lipinski definition) is 2. The molecule has 0 saturated carbocycles. The van der Waals surface area contributed by atoms with Gasteiger partial charge in [0.2, 0.25) is 0 Å². The molecule has 2 heterocycles. The van der Waals surface area contributed by atoms with E-state index in [2.05, 4.69) is 0 Å². The highest BCUT2D eigenvalue weighted by Crippen LogP contribution is 2.26. The standard InChI is InChI=1S/C16H25ClN4O2/c1-10-8-20(14(19)12(10)13(17)18)9-11-6-5-7-21(11)15(22)23-16(2,3)4/h8,11,18H,5-7,9,19H2,1-4H3. The number of halogens is 1. The van der Waals surface area contributed by atoms with Crippen LogP contribution in [0.4, 0.5) is 10.6 Å². The molecule has 0 spiro atoms. The first kappa shape index (κ1) is 17.7. The summed E-state index contributed by atoms with van der Waals surface area (Å²) in [5, 5.41) is 7.55. The third-order valence-electron chi connectivity index (χ3n) is 3.94. The van der Waals surface area contributed by atoms with Gasteiger partial charge in [-0.2, -0.15) is 0 Å². The molecular weight excluding hydrogens is 316 g/mol. The van der Waals surface area contributed by atoms with Crippen LogP contribution in [0.3, 0.4) is 0 Å². The van der Waals surface area contributed by atoms with Gasteiger partial charge in [-0.25, -0.2) is 4.79 Å². The van der Waals surface area contributed by atoms with Crippen molar-refractivity contribution in [2.24, 2.45) is 0 Å². The Morgan fingerprint density at radius 3 is 2.70 bits per heavy atom. The number of nitrogen functional groups attached to an aromatic ring is 1. The smallest absolute Gasteiger partial charge is 0.410 e. The number of hydrogen-bond acceptors (Lipinski definition) is 4. The average Bonchev–Trinajstić information content (AvgIpc) is 2.93. The molecule has 1 aliphatic rings. The van der Waals surface area contributed by atoms with Gasteiger partial charge in [0.25, 0.3) is 0 Å². The van der Waals surface area contributed by atoms with Crippen molar-refractivity contribution in [1.82, 2.24) is 9.47 Å². The normalized spacial score (nSPS) is 18.3. The number of aryl methyl sites for hydroxylation is 1. The monoisotopic (exact) mass is 340 g/mol. The van der Waals surface area contributed by atoms with Crippen molar-refractivity contribution in [3.8, 4) is 0 Å². The summed E-state index contributed by atoms with van der Waals surface area (Å²) in [5.74, 6) is 0.471. The number of ether oxygens (including phenoxy) is 1. The van der Waals surface area contributed by atoms with Gasteiger partial charge in [-0.3, -0.25) is 5.41 Å². The summed E-state index contributed by atoms with van der Waals surface area (Å²) in [4.78, 5) is 14.1. The molecule has 3 N–H and O–H groups in total. The van der Waals surface area contributed by atoms with E-state index in [1.54, 1.807) is 4.90 Å². The van der Waals surface area contributed by atoms with Gasteiger partial charge in [-0.05, 0) is 46.1 Å². The Morgan fingerprint density at radius 2 is 2.17 bits per heavy atom. The van der Waals surface area contributed by atoms with E-state index in [1.165, 1.54) is 0 Å². The fourth-order valence-corrected chi connectivity index (χ4v) is 3.21. The molecule has 7 heteroatoms. The van der Waals surface area contributed by atoms with Gasteiger partial charge in [-0.1, -0.05) is 11.6 Å². The van der Waals surface area contributed by atoms with Gasteiger partial charge in [-0.15, -0.1) is 0 Å². The van der Waals surface area contributed by atoms with E-state index >= 15 is 0 Å². The number of aromatic nitrogens is 1. The summed E-state index contributed by atoms with van der Waals surface area (Å²) < 4.78 is 7.35. The summed E-state index contributed by atoms with van der Waals surface area (Å²) in [6, 6.07) is 0.0382. The Morgan fingerprint density at radius 1 is 1.52 bits per heavy atom. The topological polar surface area (TPSA) is 84.3 Å². The van der Waals surface area contributed by atoms with Gasteiger partial charge in [0, 0.05) is 19.3 Å². The molecule has 0 radical (unpaired) electrons. The number of likely N-dealkylation sites (tertiary alicyclic amines) is 1. The van der Waals surface area contributed by atoms with Crippen molar-refractivity contribution in [3.63, 3.8) is 0 Å². The number of carbonyl (C=O) groups excluding carboxylic acids is 1. The lowest BCUT2D eigenvalue weighted by Gasteiger charge is -2.29. The van der Waals surface area contributed by atoms with E-state index in [4.69, 9.17) is 27.5 Å². The number of nitrogens with one attached hydrogen (secondary N) is 1. The Balaban J connectivity index is 2.15. The fourth-order valence-electron chi connectivity index (χ4n) is 2.96. The molecule has 6 nitrogen and oxygen atoms in total. The van der Waals surface area contributed by atoms with Crippen molar-refractivity contribution in [2.45, 2.75) is 58.7 Å². The molecule has 1 aliphatic heterocycles. The van der Waals surface area contributed by atoms with Crippen LogP contribution in [0.2, 0.25) is 0 Å². The summed E-state index contributed by atoms with van der Waals surface area (Å²) in [6.07, 6.45) is 3.45. The Bertz CT molecular complexity index is 618. The second-order valence-electron chi connectivity index (χ2n) is 7.01. The van der Waals surface area contributed by atoms with Gasteiger partial charge in [0.15, 0.2) is 0 Å². The summed E-state index contributed by atoms with van der Waals surface area (Å²) in [6.45, 7) is 8.73. The Hall–Kier alpha value is -1.69. The third kappa shape index (κ3) is 3.99. The number of amides is 1. The lowest BCUT2D eigenvalue weighted by Crippen LogP contribution is -2.41. The molecule has 1 aromatic heterocycles. The van der Waals surface area contributed by atoms with Gasteiger partial charge >= 0.3 is 6.09 Å². The van der Waals surface area contributed by atoms with Crippen LogP contribution in [0, 0.1) is 12.3 Å². The van der Waals surface area contributed by atoms with E-state index in [0.29, 0.717) is 24.5 Å². The molecule has 1 unspecified atom stereocenters. The first-order valence-corrected chi connectivity index (χ1v) is 8.17. The first-order chi connectivity index (χ1) is 10.6. The first-order valence-electron chi connectivity index (χ1n) is 7.79. The van der Waals surface area contributed by atoms with Crippen LogP contribution in [0.5, 0.6) is 0 Å². The summed E-state index contributed by atoms with van der Waals surface area (Å²) in [5.41, 5.74) is 7.03. The van der Waals surface area contributed by atoms with Gasteiger partial charge < -0.3 is 19.9 Å². The number of carbonyl (C=O) groups is 1. The molecule has 23 heavy (non-hydrogen) atoms. The minimum Gasteiger partial charge on any atom is -0.444 e. The molecule has 0 bridgehead atoms. The second kappa shape index (κ2) is 6.43. The van der Waals surface area contributed by atoms with Crippen LogP contribution in [-0.2, 0) is 11.3 Å². The maximum atomic E-state index is 12.3. The van der Waals surface area contributed by atoms with Crippen LogP contribution < -0.4 is 5.73 Å². The van der Waals surface area contributed by atoms with E-state index < -0.39 is 5.60 Å². The van der Waals surface area contributed by atoms with Crippen LogP contribution in [0.25, 0.3) is 0 Å². The second-order valence-corrected chi connectivity index (χ2v) is 7.39. The van der Waals surface area contributed by atoms with Crippen LogP contribution in [0.1, 0.15) is 44.7 Å². The highest BCUT2D eigenvalue weighted by atomic mass is 35.5. The van der Waals surface area contributed by atoms with Crippen LogP contribution in [0.15, 0.2) is 6.20 Å². The highest BCUT2D eigenvalue weighted by molar-refractivity contribution is 6.69. The van der Waals surface area contributed by atoms with Crippen molar-refractivity contribution < 1.29 is 9.53 Å². The SMILES string of the molecule is Cc1cn(CC2CCCN2C(=O)OC(C)(C)C)c(N)c1C(=N)Cl. The van der Waals surface area contributed by atoms with Crippen LogP contribution >= 0.6 is 11.6 Å². The van der Waals surface area contributed by atoms with E-state index in [-0.39, 0.29) is 17.3 Å². The van der Waals surface area contributed by atoms with Crippen molar-refractivity contribution >= 4 is 28.7 Å². The Labute approximate surface area is 142 Å². The minimum atomic E-state index is -0.506. The molecule has 1 atom stereocenters.